The van der Waals surface area contributed by atoms with Crippen LogP contribution in [0.4, 0.5) is 16.3 Å². The van der Waals surface area contributed by atoms with E-state index < -0.39 is 16.6 Å². The lowest BCUT2D eigenvalue weighted by atomic mass is 10.1. The van der Waals surface area contributed by atoms with Crippen LogP contribution in [0.1, 0.15) is 40.5 Å². The van der Waals surface area contributed by atoms with Gasteiger partial charge in [0.1, 0.15) is 11.8 Å². The number of alkyl carbamates (subject to hydrolysis) is 1. The Balaban J connectivity index is 2.15. The number of aryl methyl sites for hydroxylation is 1. The number of amides is 1. The Labute approximate surface area is 158 Å². The first kappa shape index (κ1) is 20.9. The van der Waals surface area contributed by atoms with E-state index in [1.54, 1.807) is 32.6 Å². The average Bonchev–Trinajstić information content (AvgIpc) is 2.90. The van der Waals surface area contributed by atoms with Crippen molar-refractivity contribution in [2.45, 2.75) is 64.8 Å². The molecule has 0 bridgehead atoms. The Morgan fingerprint density at radius 1 is 1.41 bits per heavy atom. The van der Waals surface area contributed by atoms with Crippen molar-refractivity contribution in [1.82, 2.24) is 15.1 Å². The van der Waals surface area contributed by atoms with E-state index in [9.17, 15) is 14.9 Å². The van der Waals surface area contributed by atoms with E-state index in [4.69, 9.17) is 9.47 Å². The van der Waals surface area contributed by atoms with E-state index in [1.807, 2.05) is 11.8 Å². The first-order chi connectivity index (χ1) is 12.7. The van der Waals surface area contributed by atoms with Gasteiger partial charge in [-0.3, -0.25) is 10.1 Å². The van der Waals surface area contributed by atoms with Gasteiger partial charge in [-0.1, -0.05) is 0 Å². The molecule has 0 radical (unpaired) electrons. The van der Waals surface area contributed by atoms with Gasteiger partial charge >= 0.3 is 11.8 Å². The molecule has 0 saturated carbocycles. The fourth-order valence-corrected chi connectivity index (χ4v) is 3.25. The summed E-state index contributed by atoms with van der Waals surface area (Å²) in [5, 5.41) is 18.4. The Hall–Kier alpha value is -2.36. The number of anilines is 1. The zero-order valence-electron chi connectivity index (χ0n) is 16.6. The Kier molecular flexibility index (Phi) is 6.63. The minimum Gasteiger partial charge on any atom is -0.444 e. The molecular weight excluding hydrogens is 354 g/mol. The van der Waals surface area contributed by atoms with E-state index in [-0.39, 0.29) is 17.8 Å². The number of carbonyl (C=O) groups is 1. The first-order valence-corrected chi connectivity index (χ1v) is 9.13. The van der Waals surface area contributed by atoms with E-state index in [1.165, 1.54) is 6.20 Å². The maximum absolute atomic E-state index is 12.1. The van der Waals surface area contributed by atoms with Gasteiger partial charge in [0, 0.05) is 26.7 Å². The number of nitrogens with zero attached hydrogens (tertiary/aromatic N) is 4. The van der Waals surface area contributed by atoms with Gasteiger partial charge in [0.15, 0.2) is 0 Å². The summed E-state index contributed by atoms with van der Waals surface area (Å²) < 4.78 is 12.5. The highest BCUT2D eigenvalue weighted by Crippen LogP contribution is 2.30. The number of carbonyl (C=O) groups excluding carboxylic acids is 1. The third-order valence-corrected chi connectivity index (χ3v) is 4.44. The summed E-state index contributed by atoms with van der Waals surface area (Å²) in [6.45, 7) is 8.95. The molecule has 27 heavy (non-hydrogen) atoms. The maximum atomic E-state index is 12.1. The molecule has 1 aromatic rings. The van der Waals surface area contributed by atoms with E-state index in [0.29, 0.717) is 38.3 Å². The number of nitro groups is 1. The Bertz CT molecular complexity index is 669. The summed E-state index contributed by atoms with van der Waals surface area (Å²) in [7, 11) is 1.60. The van der Waals surface area contributed by atoms with E-state index in [2.05, 4.69) is 10.4 Å². The van der Waals surface area contributed by atoms with Crippen LogP contribution in [0.2, 0.25) is 0 Å². The topological polar surface area (TPSA) is 112 Å². The largest absolute Gasteiger partial charge is 0.444 e. The lowest BCUT2D eigenvalue weighted by Gasteiger charge is -2.26. The number of rotatable bonds is 5. The second-order valence-corrected chi connectivity index (χ2v) is 7.52. The third-order valence-electron chi connectivity index (χ3n) is 4.44. The lowest BCUT2D eigenvalue weighted by Crippen LogP contribution is -2.46. The molecule has 1 aliphatic heterocycles. The molecule has 152 valence electrons. The minimum absolute atomic E-state index is 0.00984. The smallest absolute Gasteiger partial charge is 0.407 e. The second kappa shape index (κ2) is 8.55. The van der Waals surface area contributed by atoms with Crippen LogP contribution in [-0.4, -0.2) is 58.7 Å². The average molecular weight is 383 g/mol. The highest BCUT2D eigenvalue weighted by atomic mass is 16.6. The van der Waals surface area contributed by atoms with Crippen molar-refractivity contribution < 1.29 is 19.2 Å². The number of aromatic nitrogens is 2. The fraction of sp³-hybridized carbons (Fsp3) is 0.765. The minimum atomic E-state index is -0.586. The number of methoxy groups -OCH3 is 1. The van der Waals surface area contributed by atoms with Gasteiger partial charge in [-0.05, 0) is 40.5 Å². The van der Waals surface area contributed by atoms with Gasteiger partial charge in [0.05, 0.1) is 17.1 Å². The number of hydrogen-bond donors (Lipinski definition) is 1. The molecule has 1 fully saturated rings. The number of hydrogen-bond acceptors (Lipinski definition) is 7. The predicted octanol–water partition coefficient (Wildman–Crippen LogP) is 2.32. The second-order valence-electron chi connectivity index (χ2n) is 7.52. The van der Waals surface area contributed by atoms with Crippen LogP contribution in [0.25, 0.3) is 0 Å². The maximum Gasteiger partial charge on any atom is 0.407 e. The third kappa shape index (κ3) is 5.31. The van der Waals surface area contributed by atoms with Crippen molar-refractivity contribution in [3.63, 3.8) is 0 Å². The summed E-state index contributed by atoms with van der Waals surface area (Å²) in [5.41, 5.74) is -0.596. The molecule has 0 spiro atoms. The van der Waals surface area contributed by atoms with E-state index in [0.717, 1.165) is 0 Å². The molecular formula is C17H29N5O5. The van der Waals surface area contributed by atoms with Gasteiger partial charge < -0.3 is 19.7 Å². The van der Waals surface area contributed by atoms with Crippen LogP contribution in [0.15, 0.2) is 6.20 Å². The molecule has 0 aromatic carbocycles. The fourth-order valence-electron chi connectivity index (χ4n) is 3.25. The predicted molar refractivity (Wildman–Crippen MR) is 100.0 cm³/mol. The molecule has 0 unspecified atom stereocenters. The summed E-state index contributed by atoms with van der Waals surface area (Å²) >= 11 is 0. The van der Waals surface area contributed by atoms with Gasteiger partial charge in [-0.25, -0.2) is 9.48 Å². The number of nitrogens with one attached hydrogen (secondary N) is 1. The van der Waals surface area contributed by atoms with Crippen LogP contribution in [0.3, 0.4) is 0 Å². The van der Waals surface area contributed by atoms with Crippen molar-refractivity contribution in [2.75, 3.05) is 25.1 Å². The molecule has 1 amide bonds. The lowest BCUT2D eigenvalue weighted by molar-refractivity contribution is -0.384. The molecule has 1 aromatic heterocycles. The molecule has 1 N–H and O–H groups in total. The molecule has 2 atom stereocenters. The molecule has 10 nitrogen and oxygen atoms in total. The van der Waals surface area contributed by atoms with Crippen LogP contribution in [0.5, 0.6) is 0 Å². The summed E-state index contributed by atoms with van der Waals surface area (Å²) in [6, 6.07) is -0.244. The standard InChI is InChI=1S/C17H29N5O5/c1-6-21-15(13(11-18-21)22(24)25)20-9-7-12(14(26-5)8-10-20)19-16(23)27-17(2,3)4/h11-12,14H,6-10H2,1-5H3,(H,19,23)/t12-,14-/m0/s1. The van der Waals surface area contributed by atoms with Gasteiger partial charge in [0.25, 0.3) is 0 Å². The van der Waals surface area contributed by atoms with Gasteiger partial charge in [0.2, 0.25) is 5.82 Å². The van der Waals surface area contributed by atoms with Crippen LogP contribution >= 0.6 is 0 Å². The highest BCUT2D eigenvalue weighted by Gasteiger charge is 2.33. The summed E-state index contributed by atoms with van der Waals surface area (Å²) in [4.78, 5) is 25.0. The Morgan fingerprint density at radius 3 is 2.63 bits per heavy atom. The molecule has 2 heterocycles. The van der Waals surface area contributed by atoms with E-state index >= 15 is 0 Å². The van der Waals surface area contributed by atoms with Crippen molar-refractivity contribution in [3.05, 3.63) is 16.3 Å². The Morgan fingerprint density at radius 2 is 2.07 bits per heavy atom. The monoisotopic (exact) mass is 383 g/mol. The number of ether oxygens (including phenoxy) is 2. The van der Waals surface area contributed by atoms with Crippen molar-refractivity contribution >= 4 is 17.6 Å². The van der Waals surface area contributed by atoms with Crippen LogP contribution in [0, 0.1) is 10.1 Å². The van der Waals surface area contributed by atoms with Crippen molar-refractivity contribution in [1.29, 1.82) is 0 Å². The normalized spacial score (nSPS) is 20.9. The van der Waals surface area contributed by atoms with Crippen molar-refractivity contribution in [2.24, 2.45) is 0 Å². The molecule has 1 saturated heterocycles. The quantitative estimate of drug-likeness (QED) is 0.613. The summed E-state index contributed by atoms with van der Waals surface area (Å²) in [5.74, 6) is 0.496. The van der Waals surface area contributed by atoms with Crippen LogP contribution < -0.4 is 10.2 Å². The summed E-state index contributed by atoms with van der Waals surface area (Å²) in [6.07, 6.45) is 1.77. The molecule has 0 aliphatic carbocycles. The molecule has 2 rings (SSSR count). The zero-order chi connectivity index (χ0) is 20.2. The highest BCUT2D eigenvalue weighted by molar-refractivity contribution is 5.68. The molecule has 1 aliphatic rings. The zero-order valence-corrected chi connectivity index (χ0v) is 16.6. The van der Waals surface area contributed by atoms with Gasteiger partial charge in [-0.2, -0.15) is 5.10 Å². The first-order valence-electron chi connectivity index (χ1n) is 9.13. The van der Waals surface area contributed by atoms with Crippen LogP contribution in [-0.2, 0) is 16.0 Å². The SMILES string of the molecule is CCn1ncc([N+](=O)[O-])c1N1CC[C@H](NC(=O)OC(C)(C)C)[C@@H](OC)CC1. The van der Waals surface area contributed by atoms with Crippen molar-refractivity contribution in [3.8, 4) is 0 Å². The van der Waals surface area contributed by atoms with Gasteiger partial charge in [-0.15, -0.1) is 0 Å². The molecule has 10 heteroatoms.